The summed E-state index contributed by atoms with van der Waals surface area (Å²) in [5.41, 5.74) is 0. The van der Waals surface area contributed by atoms with Crippen LogP contribution >= 0.6 is 0 Å². The van der Waals surface area contributed by atoms with E-state index in [0.717, 1.165) is 0 Å². The molecule has 1 heteroatoms. The van der Waals surface area contributed by atoms with Gasteiger partial charge in [-0.25, -0.2) is 0 Å². The summed E-state index contributed by atoms with van der Waals surface area (Å²) < 4.78 is 0. The van der Waals surface area contributed by atoms with Crippen LogP contribution in [0, 0.1) is 5.92 Å². The summed E-state index contributed by atoms with van der Waals surface area (Å²) in [7, 11) is 0. The smallest absolute Gasteiger partial charge is 0.136 e. The van der Waals surface area contributed by atoms with Gasteiger partial charge in [0.2, 0.25) is 0 Å². The minimum absolute atomic E-state index is 0.0306. The Hall–Kier alpha value is -0.850. The van der Waals surface area contributed by atoms with Crippen molar-refractivity contribution < 1.29 is 4.79 Å². The highest BCUT2D eigenvalue weighted by Crippen LogP contribution is 1.97. The molecule has 0 heterocycles. The Labute approximate surface area is 56.1 Å². The second kappa shape index (κ2) is 4.07. The lowest BCUT2D eigenvalue weighted by Gasteiger charge is -1.95. The van der Waals surface area contributed by atoms with Crippen LogP contribution < -0.4 is 0 Å². The predicted molar refractivity (Wildman–Crippen MR) is 39.2 cm³/mol. The van der Waals surface area contributed by atoms with Gasteiger partial charge in [0.05, 0.1) is 0 Å². The average Bonchev–Trinajstić information content (AvgIpc) is 1.82. The van der Waals surface area contributed by atoms with E-state index in [9.17, 15) is 4.79 Å². The molecule has 0 aliphatic carbocycles. The summed E-state index contributed by atoms with van der Waals surface area (Å²) >= 11 is 0. The Morgan fingerprint density at radius 3 is 2.56 bits per heavy atom. The fourth-order valence-electron chi connectivity index (χ4n) is 0.381. The topological polar surface area (TPSA) is 17.1 Å². The van der Waals surface area contributed by atoms with E-state index < -0.39 is 0 Å². The van der Waals surface area contributed by atoms with E-state index in [1.807, 2.05) is 13.0 Å². The number of ketones is 1. The molecule has 0 saturated heterocycles. The van der Waals surface area contributed by atoms with Crippen molar-refractivity contribution in [2.24, 2.45) is 5.92 Å². The molecule has 1 atom stereocenters. The molecule has 9 heavy (non-hydrogen) atoms. The van der Waals surface area contributed by atoms with Crippen LogP contribution in [0.3, 0.4) is 0 Å². The van der Waals surface area contributed by atoms with Crippen molar-refractivity contribution in [3.8, 4) is 0 Å². The average molecular weight is 124 g/mol. The molecule has 1 nitrogen and oxygen atoms in total. The lowest BCUT2D eigenvalue weighted by atomic mass is 10.1. The Morgan fingerprint density at radius 2 is 2.22 bits per heavy atom. The summed E-state index contributed by atoms with van der Waals surface area (Å²) in [5, 5.41) is 0. The Bertz CT molecular complexity index is 134. The number of Topliss-reactive ketones (excluding diaryl/α,β-unsaturated/α-hetero) is 1. The minimum atomic E-state index is 0.0306. The number of carbonyl (C=O) groups excluding carboxylic acids is 1. The molecular formula is C8H12O. The second-order valence-electron chi connectivity index (χ2n) is 2.02. The number of rotatable bonds is 3. The van der Waals surface area contributed by atoms with Crippen molar-refractivity contribution in [3.05, 3.63) is 24.8 Å². The molecule has 0 fully saturated rings. The number of carbonyl (C=O) groups is 1. The highest BCUT2D eigenvalue weighted by Gasteiger charge is 1.99. The zero-order valence-electron chi connectivity index (χ0n) is 5.92. The molecule has 0 aromatic rings. The molecule has 0 spiro atoms. The van der Waals surface area contributed by atoms with Crippen LogP contribution in [0.1, 0.15) is 13.8 Å². The van der Waals surface area contributed by atoms with Gasteiger partial charge >= 0.3 is 0 Å². The van der Waals surface area contributed by atoms with E-state index in [1.54, 1.807) is 19.1 Å². The minimum Gasteiger partial charge on any atom is -0.299 e. The zero-order chi connectivity index (χ0) is 7.28. The van der Waals surface area contributed by atoms with Gasteiger partial charge in [0, 0.05) is 5.92 Å². The summed E-state index contributed by atoms with van der Waals surface area (Å²) in [4.78, 5) is 10.6. The van der Waals surface area contributed by atoms with Gasteiger partial charge in [0.15, 0.2) is 0 Å². The molecule has 50 valence electrons. The molecule has 0 saturated carbocycles. The molecule has 0 aliphatic rings. The van der Waals surface area contributed by atoms with Gasteiger partial charge in [0.25, 0.3) is 0 Å². The summed E-state index contributed by atoms with van der Waals surface area (Å²) in [5.74, 6) is 0.219. The molecule has 0 N–H and O–H groups in total. The lowest BCUT2D eigenvalue weighted by Crippen LogP contribution is -2.01. The van der Waals surface area contributed by atoms with Crippen molar-refractivity contribution >= 4 is 5.78 Å². The van der Waals surface area contributed by atoms with Crippen molar-refractivity contribution in [1.82, 2.24) is 0 Å². The first-order valence-corrected chi connectivity index (χ1v) is 2.98. The van der Waals surface area contributed by atoms with Crippen LogP contribution in [-0.2, 0) is 4.79 Å². The van der Waals surface area contributed by atoms with Crippen LogP contribution in [0.2, 0.25) is 0 Å². The van der Waals surface area contributed by atoms with Crippen LogP contribution in [-0.4, -0.2) is 5.78 Å². The first-order chi connectivity index (χ1) is 4.18. The molecule has 0 radical (unpaired) electrons. The fraction of sp³-hybridized carbons (Fsp3) is 0.375. The van der Waals surface area contributed by atoms with Crippen molar-refractivity contribution in [3.63, 3.8) is 0 Å². The van der Waals surface area contributed by atoms with E-state index in [2.05, 4.69) is 6.58 Å². The second-order valence-corrected chi connectivity index (χ2v) is 2.02. The van der Waals surface area contributed by atoms with E-state index >= 15 is 0 Å². The molecule has 0 aliphatic heterocycles. The van der Waals surface area contributed by atoms with Crippen molar-refractivity contribution in [2.45, 2.75) is 13.8 Å². The summed E-state index contributed by atoms with van der Waals surface area (Å²) in [6, 6.07) is 0. The van der Waals surface area contributed by atoms with Crippen LogP contribution in [0.5, 0.6) is 0 Å². The molecule has 0 amide bonds. The third-order valence-electron chi connectivity index (χ3n) is 1.18. The monoisotopic (exact) mass is 124 g/mol. The van der Waals surface area contributed by atoms with Crippen molar-refractivity contribution in [2.75, 3.05) is 0 Å². The quantitative estimate of drug-likeness (QED) is 0.525. The van der Waals surface area contributed by atoms with Gasteiger partial charge in [-0.1, -0.05) is 31.7 Å². The Balaban J connectivity index is 3.75. The third-order valence-corrected chi connectivity index (χ3v) is 1.18. The van der Waals surface area contributed by atoms with Crippen LogP contribution in [0.15, 0.2) is 24.8 Å². The zero-order valence-corrected chi connectivity index (χ0v) is 5.92. The molecule has 1 unspecified atom stereocenters. The van der Waals surface area contributed by atoms with Gasteiger partial charge in [-0.3, -0.25) is 4.79 Å². The van der Waals surface area contributed by atoms with E-state index in [-0.39, 0.29) is 11.7 Å². The van der Waals surface area contributed by atoms with Gasteiger partial charge < -0.3 is 0 Å². The van der Waals surface area contributed by atoms with E-state index in [0.29, 0.717) is 0 Å². The fourth-order valence-corrected chi connectivity index (χ4v) is 0.381. The van der Waals surface area contributed by atoms with Crippen LogP contribution in [0.4, 0.5) is 0 Å². The highest BCUT2D eigenvalue weighted by atomic mass is 16.1. The molecule has 0 rings (SSSR count). The van der Waals surface area contributed by atoms with E-state index in [1.165, 1.54) is 0 Å². The molecular weight excluding hydrogens is 112 g/mol. The SMILES string of the molecule is C=C/C=C\C(C)C(C)=O. The van der Waals surface area contributed by atoms with Gasteiger partial charge in [-0.05, 0) is 6.92 Å². The first kappa shape index (κ1) is 8.15. The van der Waals surface area contributed by atoms with E-state index in [4.69, 9.17) is 0 Å². The predicted octanol–water partition coefficient (Wildman–Crippen LogP) is 1.95. The van der Waals surface area contributed by atoms with Gasteiger partial charge in [-0.2, -0.15) is 0 Å². The first-order valence-electron chi connectivity index (χ1n) is 2.98. The maximum Gasteiger partial charge on any atom is 0.136 e. The normalized spacial score (nSPS) is 13.6. The van der Waals surface area contributed by atoms with Gasteiger partial charge in [0.1, 0.15) is 5.78 Å². The number of hydrogen-bond acceptors (Lipinski definition) is 1. The largest absolute Gasteiger partial charge is 0.299 e. The lowest BCUT2D eigenvalue weighted by molar-refractivity contribution is -0.118. The highest BCUT2D eigenvalue weighted by molar-refractivity contribution is 5.79. The third kappa shape index (κ3) is 3.71. The van der Waals surface area contributed by atoms with Crippen LogP contribution in [0.25, 0.3) is 0 Å². The molecule has 0 aromatic carbocycles. The van der Waals surface area contributed by atoms with Crippen molar-refractivity contribution in [1.29, 1.82) is 0 Å². The maximum absolute atomic E-state index is 10.6. The Kier molecular flexibility index (Phi) is 3.69. The standard InChI is InChI=1S/C8H12O/c1-4-5-6-7(2)8(3)9/h4-7H,1H2,2-3H3/b6-5-. The Morgan fingerprint density at radius 1 is 1.67 bits per heavy atom. The summed E-state index contributed by atoms with van der Waals surface area (Å²) in [6.45, 7) is 6.94. The maximum atomic E-state index is 10.6. The number of allylic oxidation sites excluding steroid dienone is 3. The molecule has 0 aromatic heterocycles. The molecule has 0 bridgehead atoms. The summed E-state index contributed by atoms with van der Waals surface area (Å²) in [6.07, 6.45) is 5.28. The number of hydrogen-bond donors (Lipinski definition) is 0. The van der Waals surface area contributed by atoms with Gasteiger partial charge in [-0.15, -0.1) is 0 Å².